The molecule has 2 N–H and O–H groups in total. The Morgan fingerprint density at radius 2 is 2.11 bits per heavy atom. The lowest BCUT2D eigenvalue weighted by molar-refractivity contribution is -0.148. The molecule has 1 atom stereocenters. The van der Waals surface area contributed by atoms with Crippen molar-refractivity contribution < 1.29 is 19.7 Å². The van der Waals surface area contributed by atoms with Crippen LogP contribution in [0.5, 0.6) is 5.75 Å². The number of carboxylic acid groups (broad SMARTS) is 1. The average Bonchev–Trinajstić information content (AvgIpc) is 2.27. The lowest BCUT2D eigenvalue weighted by atomic mass is 9.85. The first-order valence-corrected chi connectivity index (χ1v) is 5.90. The summed E-state index contributed by atoms with van der Waals surface area (Å²) in [5, 5.41) is 19.4. The monoisotopic (exact) mass is 272 g/mol. The molecule has 5 heteroatoms. The summed E-state index contributed by atoms with van der Waals surface area (Å²) in [4.78, 5) is 11.0. The zero-order chi connectivity index (χ0) is 13.9. The summed E-state index contributed by atoms with van der Waals surface area (Å²) in [6.07, 6.45) is -0.830. The molecule has 1 unspecified atom stereocenters. The van der Waals surface area contributed by atoms with E-state index in [0.717, 1.165) is 0 Å². The van der Waals surface area contributed by atoms with Gasteiger partial charge in [-0.3, -0.25) is 4.79 Å². The van der Waals surface area contributed by atoms with Gasteiger partial charge in [0.25, 0.3) is 0 Å². The first-order valence-electron chi connectivity index (χ1n) is 5.53. The van der Waals surface area contributed by atoms with Crippen LogP contribution in [0.3, 0.4) is 0 Å². The molecule has 1 aromatic rings. The summed E-state index contributed by atoms with van der Waals surface area (Å²) in [6.45, 7) is 3.13. The van der Waals surface area contributed by atoms with Gasteiger partial charge >= 0.3 is 5.97 Å². The van der Waals surface area contributed by atoms with Gasteiger partial charge in [0.15, 0.2) is 0 Å². The van der Waals surface area contributed by atoms with Gasteiger partial charge < -0.3 is 14.9 Å². The highest BCUT2D eigenvalue weighted by atomic mass is 35.5. The number of hydrogen-bond donors (Lipinski definition) is 2. The van der Waals surface area contributed by atoms with Crippen molar-refractivity contribution in [1.82, 2.24) is 0 Å². The van der Waals surface area contributed by atoms with Crippen molar-refractivity contribution in [2.45, 2.75) is 26.4 Å². The lowest BCUT2D eigenvalue weighted by Gasteiger charge is -2.23. The number of aliphatic carboxylic acids is 1. The fourth-order valence-electron chi connectivity index (χ4n) is 1.59. The molecule has 0 radical (unpaired) electrons. The first-order chi connectivity index (χ1) is 8.27. The van der Waals surface area contributed by atoms with E-state index >= 15 is 0 Å². The van der Waals surface area contributed by atoms with Gasteiger partial charge in [0.05, 0.1) is 23.7 Å². The second kappa shape index (κ2) is 5.59. The van der Waals surface area contributed by atoms with E-state index in [-0.39, 0.29) is 6.42 Å². The molecular formula is C13H17ClO4. The number of benzene rings is 1. The van der Waals surface area contributed by atoms with E-state index in [1.54, 1.807) is 32.0 Å². The van der Waals surface area contributed by atoms with E-state index in [4.69, 9.17) is 21.4 Å². The number of rotatable bonds is 5. The minimum Gasteiger partial charge on any atom is -0.497 e. The molecule has 18 heavy (non-hydrogen) atoms. The number of halogens is 1. The molecule has 0 aliphatic rings. The summed E-state index contributed by atoms with van der Waals surface area (Å²) >= 11 is 6.02. The van der Waals surface area contributed by atoms with Gasteiger partial charge in [0.2, 0.25) is 0 Å². The van der Waals surface area contributed by atoms with Crippen molar-refractivity contribution in [3.63, 3.8) is 0 Å². The van der Waals surface area contributed by atoms with E-state index in [1.165, 1.54) is 7.11 Å². The predicted octanol–water partition coefficient (Wildman–Crippen LogP) is 2.88. The van der Waals surface area contributed by atoms with Gasteiger partial charge in [-0.2, -0.15) is 0 Å². The molecule has 0 bridgehead atoms. The van der Waals surface area contributed by atoms with E-state index in [9.17, 15) is 9.90 Å². The molecule has 0 aliphatic carbocycles. The van der Waals surface area contributed by atoms with Crippen molar-refractivity contribution >= 4 is 17.6 Å². The maximum Gasteiger partial charge on any atom is 0.309 e. The standard InChI is InChI=1S/C13H17ClO4/c1-13(2,12(16)17)7-11(15)9-5-4-8(18-3)6-10(9)14/h4-6,11,15H,7H2,1-3H3,(H,16,17). The van der Waals surface area contributed by atoms with Gasteiger partial charge in [0, 0.05) is 0 Å². The topological polar surface area (TPSA) is 66.8 Å². The Labute approximate surface area is 111 Å². The fourth-order valence-corrected chi connectivity index (χ4v) is 1.88. The second-order valence-corrected chi connectivity index (χ2v) is 5.20. The molecular weight excluding hydrogens is 256 g/mol. The van der Waals surface area contributed by atoms with Crippen LogP contribution >= 0.6 is 11.6 Å². The van der Waals surface area contributed by atoms with Gasteiger partial charge in [0.1, 0.15) is 5.75 Å². The SMILES string of the molecule is COc1ccc(C(O)CC(C)(C)C(=O)O)c(Cl)c1. The highest BCUT2D eigenvalue weighted by Crippen LogP contribution is 2.34. The first kappa shape index (κ1) is 14.8. The number of carbonyl (C=O) groups is 1. The average molecular weight is 273 g/mol. The van der Waals surface area contributed by atoms with Crippen LogP contribution in [0.1, 0.15) is 31.9 Å². The Morgan fingerprint density at radius 1 is 1.50 bits per heavy atom. The second-order valence-electron chi connectivity index (χ2n) is 4.80. The summed E-state index contributed by atoms with van der Waals surface area (Å²) < 4.78 is 5.01. The van der Waals surface area contributed by atoms with Crippen LogP contribution in [-0.4, -0.2) is 23.3 Å². The van der Waals surface area contributed by atoms with Gasteiger partial charge in [-0.15, -0.1) is 0 Å². The number of aliphatic hydroxyl groups excluding tert-OH is 1. The molecule has 1 aromatic carbocycles. The molecule has 0 spiro atoms. The van der Waals surface area contributed by atoms with Crippen LogP contribution in [0.2, 0.25) is 5.02 Å². The fraction of sp³-hybridized carbons (Fsp3) is 0.462. The largest absolute Gasteiger partial charge is 0.497 e. The van der Waals surface area contributed by atoms with Gasteiger partial charge in [-0.1, -0.05) is 17.7 Å². The van der Waals surface area contributed by atoms with E-state index in [2.05, 4.69) is 0 Å². The van der Waals surface area contributed by atoms with E-state index < -0.39 is 17.5 Å². The number of hydrogen-bond acceptors (Lipinski definition) is 3. The number of ether oxygens (including phenoxy) is 1. The van der Waals surface area contributed by atoms with Crippen molar-refractivity contribution in [1.29, 1.82) is 0 Å². The molecule has 0 saturated carbocycles. The van der Waals surface area contributed by atoms with Gasteiger partial charge in [-0.05, 0) is 38.0 Å². The molecule has 0 aliphatic heterocycles. The Morgan fingerprint density at radius 3 is 2.56 bits per heavy atom. The van der Waals surface area contributed by atoms with Crippen LogP contribution < -0.4 is 4.74 Å². The third kappa shape index (κ3) is 3.37. The van der Waals surface area contributed by atoms with Crippen molar-refractivity contribution in [2.24, 2.45) is 5.41 Å². The normalized spacial score (nSPS) is 13.2. The summed E-state index contributed by atoms with van der Waals surface area (Å²) in [7, 11) is 1.52. The van der Waals surface area contributed by atoms with Gasteiger partial charge in [-0.25, -0.2) is 0 Å². The third-order valence-electron chi connectivity index (χ3n) is 2.85. The quantitative estimate of drug-likeness (QED) is 0.865. The summed E-state index contributed by atoms with van der Waals surface area (Å²) in [5.41, 5.74) is -0.505. The highest BCUT2D eigenvalue weighted by molar-refractivity contribution is 6.31. The van der Waals surface area contributed by atoms with E-state index in [0.29, 0.717) is 16.3 Å². The Bertz CT molecular complexity index is 443. The third-order valence-corrected chi connectivity index (χ3v) is 3.18. The maximum absolute atomic E-state index is 11.0. The summed E-state index contributed by atoms with van der Waals surface area (Å²) in [6, 6.07) is 4.91. The molecule has 0 heterocycles. The molecule has 100 valence electrons. The Hall–Kier alpha value is -1.26. The number of aliphatic hydroxyl groups is 1. The smallest absolute Gasteiger partial charge is 0.309 e. The zero-order valence-corrected chi connectivity index (χ0v) is 11.4. The molecule has 0 amide bonds. The predicted molar refractivity (Wildman–Crippen MR) is 69.0 cm³/mol. The maximum atomic E-state index is 11.0. The van der Waals surface area contributed by atoms with Crippen LogP contribution in [0.4, 0.5) is 0 Å². The minimum atomic E-state index is -1.01. The lowest BCUT2D eigenvalue weighted by Crippen LogP contribution is -2.26. The molecule has 4 nitrogen and oxygen atoms in total. The number of methoxy groups -OCH3 is 1. The van der Waals surface area contributed by atoms with Crippen molar-refractivity contribution in [3.8, 4) is 5.75 Å². The van der Waals surface area contributed by atoms with E-state index in [1.807, 2.05) is 0 Å². The highest BCUT2D eigenvalue weighted by Gasteiger charge is 2.31. The van der Waals surface area contributed by atoms with Crippen LogP contribution in [0.15, 0.2) is 18.2 Å². The van der Waals surface area contributed by atoms with Crippen LogP contribution in [0.25, 0.3) is 0 Å². The molecule has 0 saturated heterocycles. The molecule has 0 aromatic heterocycles. The number of carboxylic acids is 1. The minimum absolute atomic E-state index is 0.0916. The van der Waals surface area contributed by atoms with Crippen LogP contribution in [-0.2, 0) is 4.79 Å². The Kier molecular flexibility index (Phi) is 4.59. The zero-order valence-electron chi connectivity index (χ0n) is 10.6. The Balaban J connectivity index is 2.91. The van der Waals surface area contributed by atoms with Crippen LogP contribution in [0, 0.1) is 5.41 Å². The molecule has 1 rings (SSSR count). The van der Waals surface area contributed by atoms with Crippen molar-refractivity contribution in [3.05, 3.63) is 28.8 Å². The summed E-state index contributed by atoms with van der Waals surface area (Å²) in [5.74, 6) is -0.361. The molecule has 0 fully saturated rings. The van der Waals surface area contributed by atoms with Crippen molar-refractivity contribution in [2.75, 3.05) is 7.11 Å².